The van der Waals surface area contributed by atoms with Crippen LogP contribution in [0.3, 0.4) is 0 Å². The molecule has 0 spiro atoms. The van der Waals surface area contributed by atoms with Crippen molar-refractivity contribution in [3.05, 3.63) is 6.33 Å². The highest BCUT2D eigenvalue weighted by atomic mass is 16.5. The molecule has 17 heavy (non-hydrogen) atoms. The molecule has 1 aromatic rings. The maximum absolute atomic E-state index is 8.73. The van der Waals surface area contributed by atoms with E-state index < -0.39 is 0 Å². The van der Waals surface area contributed by atoms with Gasteiger partial charge in [-0.3, -0.25) is 0 Å². The van der Waals surface area contributed by atoms with E-state index in [0.29, 0.717) is 30.4 Å². The molecule has 0 aliphatic heterocycles. The fourth-order valence-electron chi connectivity index (χ4n) is 1.35. The first kappa shape index (κ1) is 13.5. The summed E-state index contributed by atoms with van der Waals surface area (Å²) in [6, 6.07) is 0. The third kappa shape index (κ3) is 4.07. The predicted octanol–water partition coefficient (Wildman–Crippen LogP) is 1.10. The van der Waals surface area contributed by atoms with Crippen molar-refractivity contribution < 1.29 is 9.84 Å². The Morgan fingerprint density at radius 3 is 2.41 bits per heavy atom. The zero-order chi connectivity index (χ0) is 12.5. The van der Waals surface area contributed by atoms with Gasteiger partial charge in [0.1, 0.15) is 6.33 Å². The van der Waals surface area contributed by atoms with Gasteiger partial charge in [0, 0.05) is 19.7 Å². The smallest absolute Gasteiger partial charge is 0.204 e. The maximum Gasteiger partial charge on any atom is 0.204 e. The van der Waals surface area contributed by atoms with E-state index in [-0.39, 0.29) is 6.61 Å². The van der Waals surface area contributed by atoms with Crippen LogP contribution in [0.15, 0.2) is 6.33 Å². The highest BCUT2D eigenvalue weighted by molar-refractivity contribution is 5.63. The SMILES string of the molecule is CCCNc1ncnc(NCCCO)c1OC. The highest BCUT2D eigenvalue weighted by Crippen LogP contribution is 2.28. The Hall–Kier alpha value is -1.56. The van der Waals surface area contributed by atoms with Crippen LogP contribution in [-0.2, 0) is 0 Å². The molecule has 6 heteroatoms. The molecule has 96 valence electrons. The fourth-order valence-corrected chi connectivity index (χ4v) is 1.35. The molecule has 0 aliphatic rings. The van der Waals surface area contributed by atoms with Gasteiger partial charge in [-0.25, -0.2) is 9.97 Å². The Labute approximate surface area is 101 Å². The largest absolute Gasteiger partial charge is 0.490 e. The van der Waals surface area contributed by atoms with Crippen LogP contribution in [0.2, 0.25) is 0 Å². The van der Waals surface area contributed by atoms with Gasteiger partial charge in [0.2, 0.25) is 5.75 Å². The lowest BCUT2D eigenvalue weighted by atomic mass is 10.4. The molecule has 3 N–H and O–H groups in total. The second-order valence-electron chi connectivity index (χ2n) is 3.53. The van der Waals surface area contributed by atoms with E-state index in [1.165, 1.54) is 6.33 Å². The summed E-state index contributed by atoms with van der Waals surface area (Å²) in [6.45, 7) is 3.73. The van der Waals surface area contributed by atoms with Gasteiger partial charge in [-0.15, -0.1) is 0 Å². The summed E-state index contributed by atoms with van der Waals surface area (Å²) in [7, 11) is 1.59. The number of aliphatic hydroxyl groups is 1. The zero-order valence-corrected chi connectivity index (χ0v) is 10.4. The lowest BCUT2D eigenvalue weighted by molar-refractivity contribution is 0.292. The second kappa shape index (κ2) is 7.67. The van der Waals surface area contributed by atoms with Crippen LogP contribution in [0.1, 0.15) is 19.8 Å². The molecule has 0 unspecified atom stereocenters. The van der Waals surface area contributed by atoms with E-state index in [9.17, 15) is 0 Å². The molecular weight excluding hydrogens is 220 g/mol. The summed E-state index contributed by atoms with van der Waals surface area (Å²) in [4.78, 5) is 8.26. The van der Waals surface area contributed by atoms with E-state index in [4.69, 9.17) is 9.84 Å². The number of hydrogen-bond donors (Lipinski definition) is 3. The molecule has 0 aromatic carbocycles. The van der Waals surface area contributed by atoms with Gasteiger partial charge >= 0.3 is 0 Å². The summed E-state index contributed by atoms with van der Waals surface area (Å²) in [5.41, 5.74) is 0. The molecule has 6 nitrogen and oxygen atoms in total. The maximum atomic E-state index is 8.73. The topological polar surface area (TPSA) is 79.3 Å². The average molecular weight is 240 g/mol. The van der Waals surface area contributed by atoms with Crippen molar-refractivity contribution in [2.45, 2.75) is 19.8 Å². The summed E-state index contributed by atoms with van der Waals surface area (Å²) in [5, 5.41) is 15.0. The molecule has 0 saturated heterocycles. The lowest BCUT2D eigenvalue weighted by Gasteiger charge is -2.13. The molecule has 1 aromatic heterocycles. The fraction of sp³-hybridized carbons (Fsp3) is 0.636. The number of aliphatic hydroxyl groups excluding tert-OH is 1. The Morgan fingerprint density at radius 2 is 1.88 bits per heavy atom. The number of rotatable bonds is 8. The quantitative estimate of drug-likeness (QED) is 0.591. The summed E-state index contributed by atoms with van der Waals surface area (Å²) in [5.74, 6) is 1.95. The number of ether oxygens (including phenoxy) is 1. The van der Waals surface area contributed by atoms with Gasteiger partial charge in [0.25, 0.3) is 0 Å². The Morgan fingerprint density at radius 1 is 1.24 bits per heavy atom. The summed E-state index contributed by atoms with van der Waals surface area (Å²) < 4.78 is 5.29. The zero-order valence-electron chi connectivity index (χ0n) is 10.4. The number of methoxy groups -OCH3 is 1. The molecule has 0 atom stereocenters. The number of anilines is 2. The van der Waals surface area contributed by atoms with Crippen LogP contribution in [0.25, 0.3) is 0 Å². The number of nitrogens with zero attached hydrogens (tertiary/aromatic N) is 2. The van der Waals surface area contributed by atoms with Crippen molar-refractivity contribution in [1.82, 2.24) is 9.97 Å². The number of aromatic nitrogens is 2. The molecule has 0 amide bonds. The minimum atomic E-state index is 0.154. The monoisotopic (exact) mass is 240 g/mol. The standard InChI is InChI=1S/C11H20N4O2/c1-3-5-12-10-9(17-2)11(15-8-14-10)13-6-4-7-16/h8,16H,3-7H2,1-2H3,(H2,12,13,14,15). The van der Waals surface area contributed by atoms with Gasteiger partial charge in [0.05, 0.1) is 7.11 Å². The first-order chi connectivity index (χ1) is 8.33. The molecule has 0 radical (unpaired) electrons. The van der Waals surface area contributed by atoms with Crippen LogP contribution in [-0.4, -0.2) is 41.9 Å². The third-order valence-electron chi connectivity index (χ3n) is 2.18. The molecule has 0 saturated carbocycles. The van der Waals surface area contributed by atoms with Crippen LogP contribution >= 0.6 is 0 Å². The normalized spacial score (nSPS) is 10.1. The molecule has 0 bridgehead atoms. The van der Waals surface area contributed by atoms with Crippen LogP contribution in [0.5, 0.6) is 5.75 Å². The van der Waals surface area contributed by atoms with E-state index >= 15 is 0 Å². The van der Waals surface area contributed by atoms with E-state index in [2.05, 4.69) is 27.5 Å². The Balaban J connectivity index is 2.74. The third-order valence-corrected chi connectivity index (χ3v) is 2.18. The Bertz CT molecular complexity index is 333. The molecular formula is C11H20N4O2. The lowest BCUT2D eigenvalue weighted by Crippen LogP contribution is -2.10. The number of nitrogens with one attached hydrogen (secondary N) is 2. The van der Waals surface area contributed by atoms with Crippen molar-refractivity contribution in [1.29, 1.82) is 0 Å². The second-order valence-corrected chi connectivity index (χ2v) is 3.53. The first-order valence-electron chi connectivity index (χ1n) is 5.81. The van der Waals surface area contributed by atoms with E-state index in [1.807, 2.05) is 0 Å². The molecule has 1 rings (SSSR count). The molecule has 1 heterocycles. The van der Waals surface area contributed by atoms with Gasteiger partial charge < -0.3 is 20.5 Å². The Kier molecular flexibility index (Phi) is 6.09. The predicted molar refractivity (Wildman–Crippen MR) is 67.6 cm³/mol. The van der Waals surface area contributed by atoms with Gasteiger partial charge in [-0.05, 0) is 12.8 Å². The first-order valence-corrected chi connectivity index (χ1v) is 5.81. The van der Waals surface area contributed by atoms with Gasteiger partial charge in [0.15, 0.2) is 11.6 Å². The van der Waals surface area contributed by atoms with Crippen molar-refractivity contribution in [3.8, 4) is 5.75 Å². The molecule has 0 fully saturated rings. The number of hydrogen-bond acceptors (Lipinski definition) is 6. The summed E-state index contributed by atoms with van der Waals surface area (Å²) in [6.07, 6.45) is 3.17. The van der Waals surface area contributed by atoms with E-state index in [1.54, 1.807) is 7.11 Å². The van der Waals surface area contributed by atoms with E-state index in [0.717, 1.165) is 13.0 Å². The minimum Gasteiger partial charge on any atom is -0.490 e. The van der Waals surface area contributed by atoms with Crippen LogP contribution in [0, 0.1) is 0 Å². The van der Waals surface area contributed by atoms with Gasteiger partial charge in [-0.2, -0.15) is 0 Å². The average Bonchev–Trinajstić information content (AvgIpc) is 2.36. The van der Waals surface area contributed by atoms with Crippen molar-refractivity contribution in [2.75, 3.05) is 37.4 Å². The molecule has 0 aliphatic carbocycles. The van der Waals surface area contributed by atoms with Crippen LogP contribution < -0.4 is 15.4 Å². The van der Waals surface area contributed by atoms with Crippen LogP contribution in [0.4, 0.5) is 11.6 Å². The van der Waals surface area contributed by atoms with Crippen molar-refractivity contribution in [3.63, 3.8) is 0 Å². The van der Waals surface area contributed by atoms with Gasteiger partial charge in [-0.1, -0.05) is 6.92 Å². The van der Waals surface area contributed by atoms with Crippen molar-refractivity contribution >= 4 is 11.6 Å². The van der Waals surface area contributed by atoms with Crippen molar-refractivity contribution in [2.24, 2.45) is 0 Å². The summed E-state index contributed by atoms with van der Waals surface area (Å²) >= 11 is 0. The highest BCUT2D eigenvalue weighted by Gasteiger charge is 2.10. The minimum absolute atomic E-state index is 0.154.